The van der Waals surface area contributed by atoms with E-state index < -0.39 is 34.7 Å². The second kappa shape index (κ2) is 21.4. The molecule has 0 aliphatic carbocycles. The third-order valence-corrected chi connectivity index (χ3v) is 12.9. The summed E-state index contributed by atoms with van der Waals surface area (Å²) in [6.45, 7) is 10.4. The largest absolute Gasteiger partial charge is 0.497 e. The van der Waals surface area contributed by atoms with Crippen molar-refractivity contribution in [2.75, 3.05) is 81.3 Å². The maximum absolute atomic E-state index is 6.45. The van der Waals surface area contributed by atoms with Gasteiger partial charge in [-0.25, -0.2) is 0 Å². The Morgan fingerprint density at radius 3 is 0.957 bits per heavy atom. The molecule has 372 valence electrons. The predicted octanol–water partition coefficient (Wildman–Crippen LogP) is 9.95. The molecule has 8 rings (SSSR count). The molecule has 15 heteroatoms. The summed E-state index contributed by atoms with van der Waals surface area (Å²) in [5.74, 6) is -1.16. The minimum atomic E-state index is -1.31. The van der Waals surface area contributed by atoms with E-state index in [0.29, 0.717) is 107 Å². The first-order valence-corrected chi connectivity index (χ1v) is 23.6. The Labute approximate surface area is 405 Å². The first kappa shape index (κ1) is 50.2. The number of hydrogen-bond donors (Lipinski definition) is 0. The van der Waals surface area contributed by atoms with E-state index >= 15 is 0 Å². The van der Waals surface area contributed by atoms with Gasteiger partial charge in [0.15, 0.2) is 0 Å². The summed E-state index contributed by atoms with van der Waals surface area (Å²) in [4.78, 5) is 0. The number of ether oxygens (including phenoxy) is 15. The quantitative estimate of drug-likeness (QED) is 0.0874. The summed E-state index contributed by atoms with van der Waals surface area (Å²) >= 11 is 0. The molecule has 0 N–H and O–H groups in total. The van der Waals surface area contributed by atoms with Gasteiger partial charge in [-0.3, -0.25) is 0 Å². The van der Waals surface area contributed by atoms with E-state index in [9.17, 15) is 0 Å². The molecule has 4 saturated heterocycles. The molecule has 0 aromatic heterocycles. The Hall–Kier alpha value is -5.20. The normalized spacial score (nSPS) is 29.3. The van der Waals surface area contributed by atoms with Crippen molar-refractivity contribution in [3.05, 3.63) is 107 Å². The lowest BCUT2D eigenvalue weighted by Gasteiger charge is -2.49. The Morgan fingerprint density at radius 2 is 0.638 bits per heavy atom. The lowest BCUT2D eigenvalue weighted by Crippen LogP contribution is -2.61. The van der Waals surface area contributed by atoms with Gasteiger partial charge in [-0.1, -0.05) is 76.3 Å². The van der Waals surface area contributed by atoms with Crippen LogP contribution in [0.5, 0.6) is 34.5 Å². The van der Waals surface area contributed by atoms with Gasteiger partial charge in [0, 0.05) is 44.9 Å². The summed E-state index contributed by atoms with van der Waals surface area (Å²) in [7, 11) is 6.47. The fraction of sp³-hybridized carbons (Fsp3) is 0.481. The van der Waals surface area contributed by atoms with Gasteiger partial charge in [-0.05, 0) is 70.8 Å². The highest BCUT2D eigenvalue weighted by Crippen LogP contribution is 2.43. The smallest absolute Gasteiger partial charge is 0.326 e. The molecule has 15 nitrogen and oxygen atoms in total. The average molecular weight is 955 g/mol. The van der Waals surface area contributed by atoms with E-state index in [-0.39, 0.29) is 0 Å². The third kappa shape index (κ3) is 11.7. The molecular weight excluding hydrogens is 889 g/mol. The fourth-order valence-corrected chi connectivity index (χ4v) is 8.26. The van der Waals surface area contributed by atoms with Crippen LogP contribution in [-0.4, -0.2) is 105 Å². The van der Waals surface area contributed by atoms with Gasteiger partial charge in [0.1, 0.15) is 34.5 Å². The number of methoxy groups -OCH3 is 4. The predicted molar refractivity (Wildman–Crippen MR) is 257 cm³/mol. The fourth-order valence-electron chi connectivity index (χ4n) is 8.26. The summed E-state index contributed by atoms with van der Waals surface area (Å²) in [6.07, 6.45) is 9.90. The minimum absolute atomic E-state index is 0.291. The summed E-state index contributed by atoms with van der Waals surface area (Å²) in [5.41, 5.74) is 2.69. The molecule has 4 heterocycles. The van der Waals surface area contributed by atoms with Gasteiger partial charge >= 0.3 is 17.9 Å². The Bertz CT molecular complexity index is 2340. The SMILES string of the molecule is CCC1(OC)OCC2(CO1)COC(CC)(Oc1cc(/C=C/c3ccc(OC4(CC)OCC5(CO4)COC(CC)(Oc4cc(/C=C/c6ccc(OC)cc6)cc(OC)c4)OC5)cc3)cc(OC)c1)OC2. The van der Waals surface area contributed by atoms with Crippen LogP contribution in [0.1, 0.15) is 75.6 Å². The van der Waals surface area contributed by atoms with E-state index in [0.717, 1.165) is 28.0 Å². The standard InChI is InChI=1S/C54H66O15/c1-9-51(58-8)59-31-49(32-60-51)33-63-53(11-3,64-34-49)68-48-28-42(26-46(30-48)57-7)16-14-40-19-23-44(24-20-40)67-52(10-2)61-35-50(36-62-52)37-65-54(12-4,66-38-50)69-47-27-41(25-45(29-47)56-6)15-13-39-17-21-43(55-5)22-18-39/h13-30H,9-12,31-38H2,1-8H3/b15-13+,16-14+. The van der Waals surface area contributed by atoms with Gasteiger partial charge in [0.2, 0.25) is 0 Å². The van der Waals surface area contributed by atoms with Crippen LogP contribution in [0.4, 0.5) is 0 Å². The van der Waals surface area contributed by atoms with Crippen LogP contribution < -0.4 is 28.4 Å². The maximum Gasteiger partial charge on any atom is 0.326 e. The number of hydrogen-bond acceptors (Lipinski definition) is 15. The molecule has 0 radical (unpaired) electrons. The molecule has 69 heavy (non-hydrogen) atoms. The van der Waals surface area contributed by atoms with Crippen LogP contribution in [0.2, 0.25) is 0 Å². The molecule has 0 bridgehead atoms. The van der Waals surface area contributed by atoms with Gasteiger partial charge in [0.05, 0.1) is 85.0 Å². The van der Waals surface area contributed by atoms with Crippen molar-refractivity contribution < 1.29 is 71.1 Å². The maximum atomic E-state index is 6.45. The van der Waals surface area contributed by atoms with Crippen molar-refractivity contribution in [2.45, 2.75) is 77.3 Å². The molecule has 4 aromatic carbocycles. The van der Waals surface area contributed by atoms with E-state index in [1.54, 1.807) is 28.4 Å². The third-order valence-electron chi connectivity index (χ3n) is 12.9. The zero-order chi connectivity index (χ0) is 48.6. The summed E-state index contributed by atoms with van der Waals surface area (Å²) in [5, 5.41) is 0. The molecule has 4 aliphatic heterocycles. The second-order valence-electron chi connectivity index (χ2n) is 17.9. The van der Waals surface area contributed by atoms with Crippen LogP contribution in [0.3, 0.4) is 0 Å². The molecule has 4 aliphatic rings. The molecular formula is C54H66O15. The van der Waals surface area contributed by atoms with Crippen molar-refractivity contribution in [2.24, 2.45) is 10.8 Å². The van der Waals surface area contributed by atoms with Gasteiger partial charge < -0.3 is 71.1 Å². The molecule has 4 aromatic rings. The highest BCUT2D eigenvalue weighted by molar-refractivity contribution is 5.72. The van der Waals surface area contributed by atoms with Crippen LogP contribution in [0.15, 0.2) is 84.9 Å². The molecule has 2 spiro atoms. The zero-order valence-corrected chi connectivity index (χ0v) is 41.0. The van der Waals surface area contributed by atoms with E-state index in [1.807, 2.05) is 137 Å². The van der Waals surface area contributed by atoms with Gasteiger partial charge in [0.25, 0.3) is 5.97 Å². The monoisotopic (exact) mass is 954 g/mol. The van der Waals surface area contributed by atoms with E-state index in [2.05, 4.69) is 0 Å². The molecule has 0 atom stereocenters. The number of rotatable bonds is 18. The lowest BCUT2D eigenvalue weighted by atomic mass is 9.90. The zero-order valence-electron chi connectivity index (χ0n) is 41.0. The highest BCUT2D eigenvalue weighted by atomic mass is 16.9. The summed E-state index contributed by atoms with van der Waals surface area (Å²) < 4.78 is 91.5. The van der Waals surface area contributed by atoms with Crippen LogP contribution in [0, 0.1) is 10.8 Å². The van der Waals surface area contributed by atoms with Crippen molar-refractivity contribution in [1.29, 1.82) is 0 Å². The van der Waals surface area contributed by atoms with E-state index in [4.69, 9.17) is 71.1 Å². The Balaban J connectivity index is 0.845. The van der Waals surface area contributed by atoms with Crippen LogP contribution in [0.25, 0.3) is 24.3 Å². The molecule has 0 amide bonds. The van der Waals surface area contributed by atoms with Crippen LogP contribution >= 0.6 is 0 Å². The minimum Gasteiger partial charge on any atom is -0.497 e. The van der Waals surface area contributed by atoms with Gasteiger partial charge in [-0.15, -0.1) is 0 Å². The first-order valence-electron chi connectivity index (χ1n) is 23.6. The van der Waals surface area contributed by atoms with Crippen molar-refractivity contribution in [3.8, 4) is 34.5 Å². The van der Waals surface area contributed by atoms with Gasteiger partial charge in [-0.2, -0.15) is 0 Å². The highest BCUT2D eigenvalue weighted by Gasteiger charge is 2.53. The Morgan fingerprint density at radius 1 is 0.348 bits per heavy atom. The average Bonchev–Trinajstić information content (AvgIpc) is 3.40. The second-order valence-corrected chi connectivity index (χ2v) is 17.9. The number of benzene rings is 4. The van der Waals surface area contributed by atoms with Crippen LogP contribution in [-0.2, 0) is 42.6 Å². The van der Waals surface area contributed by atoms with Crippen molar-refractivity contribution >= 4 is 24.3 Å². The van der Waals surface area contributed by atoms with E-state index in [1.165, 1.54) is 0 Å². The summed E-state index contributed by atoms with van der Waals surface area (Å²) in [6, 6.07) is 26.9. The lowest BCUT2D eigenvalue weighted by molar-refractivity contribution is -0.450. The van der Waals surface area contributed by atoms with Crippen molar-refractivity contribution in [1.82, 2.24) is 0 Å². The van der Waals surface area contributed by atoms with Crippen molar-refractivity contribution in [3.63, 3.8) is 0 Å². The molecule has 0 unspecified atom stereocenters. The first-order chi connectivity index (χ1) is 33.4. The Kier molecular flexibility index (Phi) is 15.6. The molecule has 4 fully saturated rings. The molecule has 0 saturated carbocycles. The topological polar surface area (TPSA) is 138 Å².